The van der Waals surface area contributed by atoms with E-state index in [4.69, 9.17) is 4.74 Å². The van der Waals surface area contributed by atoms with Gasteiger partial charge in [0, 0.05) is 11.4 Å². The molecular formula is C12H12N4OS. The molecule has 0 unspecified atom stereocenters. The third-order valence-corrected chi connectivity index (χ3v) is 3.69. The maximum Gasteiger partial charge on any atom is 0.233 e. The van der Waals surface area contributed by atoms with Crippen LogP contribution in [0, 0.1) is 13.8 Å². The zero-order chi connectivity index (χ0) is 12.7. The lowest BCUT2D eigenvalue weighted by Crippen LogP contribution is -1.97. The van der Waals surface area contributed by atoms with Gasteiger partial charge in [0.1, 0.15) is 0 Å². The summed E-state index contributed by atoms with van der Waals surface area (Å²) < 4.78 is 7.17. The van der Waals surface area contributed by atoms with E-state index >= 15 is 0 Å². The van der Waals surface area contributed by atoms with E-state index in [2.05, 4.69) is 45.5 Å². The molecule has 0 fully saturated rings. The first-order chi connectivity index (χ1) is 8.69. The maximum atomic E-state index is 5.07. The second-order valence-corrected chi connectivity index (χ2v) is 4.95. The van der Waals surface area contributed by atoms with Gasteiger partial charge in [0.15, 0.2) is 15.6 Å². The number of fused-ring (bicyclic) bond motifs is 1. The van der Waals surface area contributed by atoms with Crippen LogP contribution in [0.4, 0.5) is 0 Å². The van der Waals surface area contributed by atoms with E-state index in [1.165, 1.54) is 11.3 Å². The molecular weight excluding hydrogens is 248 g/mol. The third-order valence-electron chi connectivity index (χ3n) is 2.76. The van der Waals surface area contributed by atoms with Crippen LogP contribution in [-0.4, -0.2) is 26.6 Å². The molecule has 18 heavy (non-hydrogen) atoms. The summed E-state index contributed by atoms with van der Waals surface area (Å²) in [5, 5.41) is 0.887. The Hall–Kier alpha value is -1.95. The van der Waals surface area contributed by atoms with Gasteiger partial charge in [-0.25, -0.2) is 4.98 Å². The average Bonchev–Trinajstić information content (AvgIpc) is 2.91. The highest BCUT2D eigenvalue weighted by atomic mass is 32.1. The molecule has 0 aliphatic rings. The van der Waals surface area contributed by atoms with Gasteiger partial charge in [0.05, 0.1) is 13.3 Å². The molecule has 92 valence electrons. The molecule has 3 heterocycles. The number of aryl methyl sites for hydroxylation is 2. The zero-order valence-electron chi connectivity index (χ0n) is 10.3. The van der Waals surface area contributed by atoms with E-state index in [9.17, 15) is 0 Å². The van der Waals surface area contributed by atoms with E-state index in [0.717, 1.165) is 21.3 Å². The van der Waals surface area contributed by atoms with Crippen LogP contribution in [0.1, 0.15) is 11.4 Å². The summed E-state index contributed by atoms with van der Waals surface area (Å²) in [6, 6.07) is 4.14. The number of rotatable bonds is 2. The van der Waals surface area contributed by atoms with Crippen molar-refractivity contribution in [3.8, 4) is 11.0 Å². The maximum absolute atomic E-state index is 5.07. The van der Waals surface area contributed by atoms with Crippen molar-refractivity contribution in [2.24, 2.45) is 0 Å². The lowest BCUT2D eigenvalue weighted by molar-refractivity contribution is 0.398. The average molecular weight is 260 g/mol. The Morgan fingerprint density at radius 1 is 1.17 bits per heavy atom. The predicted octanol–water partition coefficient (Wildman–Crippen LogP) is 2.50. The fourth-order valence-electron chi connectivity index (χ4n) is 1.86. The molecule has 0 aliphatic heterocycles. The molecule has 0 saturated heterocycles. The zero-order valence-corrected chi connectivity index (χ0v) is 11.2. The monoisotopic (exact) mass is 260 g/mol. The highest BCUT2D eigenvalue weighted by molar-refractivity contribution is 7.20. The van der Waals surface area contributed by atoms with Crippen LogP contribution in [0.3, 0.4) is 0 Å². The summed E-state index contributed by atoms with van der Waals surface area (Å²) in [6.45, 7) is 4.11. The Morgan fingerprint density at radius 2 is 1.89 bits per heavy atom. The lowest BCUT2D eigenvalue weighted by atomic mass is 10.5. The van der Waals surface area contributed by atoms with Gasteiger partial charge in [-0.2, -0.15) is 9.97 Å². The second kappa shape index (κ2) is 4.06. The molecule has 0 bridgehead atoms. The summed E-state index contributed by atoms with van der Waals surface area (Å²) in [7, 11) is 1.58. The Morgan fingerprint density at radius 3 is 2.56 bits per heavy atom. The van der Waals surface area contributed by atoms with E-state index in [0.29, 0.717) is 11.5 Å². The largest absolute Gasteiger partial charge is 0.480 e. The van der Waals surface area contributed by atoms with Gasteiger partial charge >= 0.3 is 0 Å². The highest BCUT2D eigenvalue weighted by Crippen LogP contribution is 2.26. The smallest absolute Gasteiger partial charge is 0.233 e. The molecule has 0 aliphatic carbocycles. The second-order valence-electron chi connectivity index (χ2n) is 3.99. The molecule has 0 amide bonds. The number of thiazole rings is 1. The summed E-state index contributed by atoms with van der Waals surface area (Å²) in [6.07, 6.45) is 1.58. The van der Waals surface area contributed by atoms with Crippen LogP contribution >= 0.6 is 11.3 Å². The van der Waals surface area contributed by atoms with E-state index < -0.39 is 0 Å². The highest BCUT2D eigenvalue weighted by Gasteiger charge is 2.12. The number of nitrogens with zero attached hydrogens (tertiary/aromatic N) is 4. The topological polar surface area (TPSA) is 52.8 Å². The van der Waals surface area contributed by atoms with Crippen LogP contribution in [0.5, 0.6) is 5.88 Å². The number of aromatic nitrogens is 4. The summed E-state index contributed by atoms with van der Waals surface area (Å²) in [5.74, 6) is 0.513. The first-order valence-corrected chi connectivity index (χ1v) is 6.33. The number of methoxy groups -OCH3 is 1. The van der Waals surface area contributed by atoms with Crippen LogP contribution in [0.2, 0.25) is 0 Å². The van der Waals surface area contributed by atoms with Gasteiger partial charge in [-0.3, -0.25) is 4.57 Å². The fourth-order valence-corrected chi connectivity index (χ4v) is 2.87. The molecule has 3 rings (SSSR count). The van der Waals surface area contributed by atoms with Crippen LogP contribution in [0.25, 0.3) is 15.6 Å². The van der Waals surface area contributed by atoms with Gasteiger partial charge in [-0.05, 0) is 26.0 Å². The Bertz CT molecular complexity index is 697. The minimum atomic E-state index is 0.513. The molecule has 0 saturated carbocycles. The number of ether oxygens (including phenoxy) is 1. The summed E-state index contributed by atoms with van der Waals surface area (Å²) in [4.78, 5) is 13.9. The van der Waals surface area contributed by atoms with Gasteiger partial charge in [0.25, 0.3) is 0 Å². The fraction of sp³-hybridized carbons (Fsp3) is 0.250. The van der Waals surface area contributed by atoms with Crippen molar-refractivity contribution in [2.75, 3.05) is 7.11 Å². The van der Waals surface area contributed by atoms with Crippen molar-refractivity contribution in [3.63, 3.8) is 0 Å². The molecule has 3 aromatic rings. The third kappa shape index (κ3) is 1.65. The Balaban J connectivity index is 2.19. The first-order valence-electron chi connectivity index (χ1n) is 5.52. The molecule has 0 N–H and O–H groups in total. The van der Waals surface area contributed by atoms with Crippen molar-refractivity contribution in [2.45, 2.75) is 13.8 Å². The van der Waals surface area contributed by atoms with Crippen LogP contribution < -0.4 is 4.74 Å². The molecule has 0 aromatic carbocycles. The van der Waals surface area contributed by atoms with Crippen molar-refractivity contribution < 1.29 is 4.74 Å². The number of hydrogen-bond donors (Lipinski definition) is 0. The Labute approximate surface area is 108 Å². The van der Waals surface area contributed by atoms with Crippen molar-refractivity contribution in [1.82, 2.24) is 19.5 Å². The van der Waals surface area contributed by atoms with Gasteiger partial charge in [0.2, 0.25) is 5.88 Å². The molecule has 5 nitrogen and oxygen atoms in total. The standard InChI is InChI=1S/C12H12N4OS/c1-7-4-5-8(2)16(7)12-15-10-11(18-12)14-9(17-3)6-13-10/h4-6H,1-3H3. The van der Waals surface area contributed by atoms with Gasteiger partial charge in [-0.1, -0.05) is 11.3 Å². The first kappa shape index (κ1) is 11.2. The van der Waals surface area contributed by atoms with Gasteiger partial charge < -0.3 is 4.74 Å². The minimum Gasteiger partial charge on any atom is -0.480 e. The van der Waals surface area contributed by atoms with E-state index in [-0.39, 0.29) is 0 Å². The SMILES string of the molecule is COc1cnc2nc(-n3c(C)ccc3C)sc2n1. The molecule has 6 heteroatoms. The normalized spacial score (nSPS) is 11.1. The van der Waals surface area contributed by atoms with E-state index in [1.54, 1.807) is 13.3 Å². The lowest BCUT2D eigenvalue weighted by Gasteiger charge is -2.02. The van der Waals surface area contributed by atoms with Crippen molar-refractivity contribution >= 4 is 21.8 Å². The number of hydrogen-bond acceptors (Lipinski definition) is 5. The van der Waals surface area contributed by atoms with Crippen LogP contribution in [0.15, 0.2) is 18.3 Å². The minimum absolute atomic E-state index is 0.513. The quantitative estimate of drug-likeness (QED) is 0.710. The predicted molar refractivity (Wildman–Crippen MR) is 70.6 cm³/mol. The Kier molecular flexibility index (Phi) is 2.52. The molecule has 0 spiro atoms. The van der Waals surface area contributed by atoms with Crippen LogP contribution in [-0.2, 0) is 0 Å². The van der Waals surface area contributed by atoms with Crippen molar-refractivity contribution in [3.05, 3.63) is 29.7 Å². The summed E-state index contributed by atoms with van der Waals surface area (Å²) >= 11 is 1.51. The molecule has 3 aromatic heterocycles. The molecule has 0 radical (unpaired) electrons. The van der Waals surface area contributed by atoms with Gasteiger partial charge in [-0.15, -0.1) is 0 Å². The summed E-state index contributed by atoms with van der Waals surface area (Å²) in [5.41, 5.74) is 2.96. The molecule has 0 atom stereocenters. The van der Waals surface area contributed by atoms with Crippen molar-refractivity contribution in [1.29, 1.82) is 0 Å². The van der Waals surface area contributed by atoms with E-state index in [1.807, 2.05) is 0 Å².